The van der Waals surface area contributed by atoms with Crippen LogP contribution in [0.15, 0.2) is 91.0 Å². The van der Waals surface area contributed by atoms with Gasteiger partial charge < -0.3 is 9.74 Å². The van der Waals surface area contributed by atoms with Crippen LogP contribution in [0, 0.1) is 17.3 Å². The van der Waals surface area contributed by atoms with E-state index in [9.17, 15) is 9.59 Å². The van der Waals surface area contributed by atoms with Gasteiger partial charge in [0.15, 0.2) is 14.8 Å². The van der Waals surface area contributed by atoms with E-state index in [0.717, 1.165) is 15.9 Å². The lowest BCUT2D eigenvalue weighted by atomic mass is 9.67. The molecule has 4 rings (SSSR count). The summed E-state index contributed by atoms with van der Waals surface area (Å²) in [5.74, 6) is 1.92. The van der Waals surface area contributed by atoms with E-state index >= 15 is 0 Å². The third-order valence-electron chi connectivity index (χ3n) is 7.47. The molecule has 1 N–H and O–H groups in total. The fourth-order valence-electron chi connectivity index (χ4n) is 5.43. The van der Waals surface area contributed by atoms with Crippen LogP contribution < -0.4 is 21.2 Å². The molecule has 3 aromatic rings. The van der Waals surface area contributed by atoms with E-state index in [1.165, 1.54) is 0 Å². The molecule has 38 heavy (non-hydrogen) atoms. The standard InChI is InChI=1S/C32H40NO3PSi/c1-32(2,3)28(22-36-38(4)5)30-29(33-31(30)35)21-24(34)23-37(25-15-9-6-10-16-25,26-17-11-7-12-18-26)27-19-13-8-14-20-27/h6-20,23,28-30,38H,21-22H2,1-5H3,(H,33,35)/t28-,29-,30+/m1/s1. The molecule has 0 aromatic heterocycles. The van der Waals surface area contributed by atoms with Crippen LogP contribution in [0.25, 0.3) is 0 Å². The Balaban J connectivity index is 1.75. The summed E-state index contributed by atoms with van der Waals surface area (Å²) in [5, 5.41) is 6.48. The summed E-state index contributed by atoms with van der Waals surface area (Å²) in [6.07, 6.45) is 0.288. The van der Waals surface area contributed by atoms with Crippen LogP contribution >= 0.6 is 6.89 Å². The summed E-state index contributed by atoms with van der Waals surface area (Å²) in [4.78, 5) is 26.8. The summed E-state index contributed by atoms with van der Waals surface area (Å²) in [6, 6.07) is 30.9. The van der Waals surface area contributed by atoms with E-state index in [4.69, 9.17) is 4.43 Å². The molecule has 0 saturated carbocycles. The van der Waals surface area contributed by atoms with Gasteiger partial charge in [-0.25, -0.2) is 0 Å². The number of carbonyl (C=O) groups is 2. The lowest BCUT2D eigenvalue weighted by Gasteiger charge is -2.46. The molecular weight excluding hydrogens is 505 g/mol. The smallest absolute Gasteiger partial charge is 0.225 e. The highest BCUT2D eigenvalue weighted by atomic mass is 31.2. The lowest BCUT2D eigenvalue weighted by molar-refractivity contribution is -0.142. The fraction of sp³-hybridized carbons (Fsp3) is 0.344. The average Bonchev–Trinajstić information content (AvgIpc) is 2.90. The van der Waals surface area contributed by atoms with Crippen molar-refractivity contribution in [3.63, 3.8) is 0 Å². The number of carbonyl (C=O) groups excluding carboxylic acids is 2. The van der Waals surface area contributed by atoms with Gasteiger partial charge in [0.1, 0.15) is 0 Å². The molecule has 1 aliphatic rings. The van der Waals surface area contributed by atoms with Gasteiger partial charge in [-0.2, -0.15) is 0 Å². The molecule has 0 radical (unpaired) electrons. The van der Waals surface area contributed by atoms with Crippen molar-refractivity contribution in [1.29, 1.82) is 0 Å². The van der Waals surface area contributed by atoms with E-state index in [0.29, 0.717) is 6.61 Å². The molecule has 0 spiro atoms. The number of Topliss-reactive ketones (excluding diaryl/α,β-unsaturated/α-hetero) is 1. The maximum absolute atomic E-state index is 14.0. The fourth-order valence-corrected chi connectivity index (χ4v) is 9.83. The minimum Gasteiger partial charge on any atom is -0.420 e. The Morgan fingerprint density at radius 2 is 1.34 bits per heavy atom. The maximum atomic E-state index is 14.0. The van der Waals surface area contributed by atoms with Gasteiger partial charge in [0.05, 0.1) is 5.92 Å². The Morgan fingerprint density at radius 3 is 1.71 bits per heavy atom. The number of nitrogens with one attached hydrogen (secondary N) is 1. The summed E-state index contributed by atoms with van der Waals surface area (Å²) in [5.41, 5.74) is -0.106. The monoisotopic (exact) mass is 545 g/mol. The number of hydrogen-bond donors (Lipinski definition) is 1. The molecular formula is C32H40NO3PSi. The number of β-lactam (4-membered cyclic amide) rings is 1. The highest BCUT2D eigenvalue weighted by Gasteiger charge is 2.49. The van der Waals surface area contributed by atoms with Gasteiger partial charge in [-0.15, -0.1) is 0 Å². The van der Waals surface area contributed by atoms with Crippen LogP contribution in [0.1, 0.15) is 27.2 Å². The third kappa shape index (κ3) is 6.12. The largest absolute Gasteiger partial charge is 0.420 e. The zero-order chi connectivity index (χ0) is 27.3. The predicted molar refractivity (Wildman–Crippen MR) is 164 cm³/mol. The first kappa shape index (κ1) is 28.3. The van der Waals surface area contributed by atoms with E-state index in [2.05, 4.69) is 75.6 Å². The van der Waals surface area contributed by atoms with Crippen LogP contribution in [0.2, 0.25) is 13.1 Å². The highest BCUT2D eigenvalue weighted by Crippen LogP contribution is 2.44. The normalized spacial score (nSPS) is 18.4. The molecule has 1 saturated heterocycles. The molecule has 1 amide bonds. The number of rotatable bonds is 10. The van der Waals surface area contributed by atoms with Crippen molar-refractivity contribution in [3.05, 3.63) is 91.0 Å². The Kier molecular flexibility index (Phi) is 8.92. The third-order valence-corrected chi connectivity index (χ3v) is 12.3. The molecule has 3 aromatic carbocycles. The van der Waals surface area contributed by atoms with Gasteiger partial charge in [0, 0.05) is 19.1 Å². The predicted octanol–water partition coefficient (Wildman–Crippen LogP) is 4.52. The van der Waals surface area contributed by atoms with Crippen molar-refractivity contribution in [1.82, 2.24) is 5.32 Å². The zero-order valence-corrected chi connectivity index (χ0v) is 25.2. The minimum absolute atomic E-state index is 0.0342. The molecule has 1 heterocycles. The molecule has 3 atom stereocenters. The second kappa shape index (κ2) is 12.0. The molecule has 1 fully saturated rings. The first-order valence-electron chi connectivity index (χ1n) is 13.5. The zero-order valence-electron chi connectivity index (χ0n) is 23.1. The molecule has 4 nitrogen and oxygen atoms in total. The quantitative estimate of drug-likeness (QED) is 0.232. The molecule has 0 aliphatic carbocycles. The molecule has 1 aliphatic heterocycles. The first-order chi connectivity index (χ1) is 18.1. The number of ketones is 1. The van der Waals surface area contributed by atoms with Gasteiger partial charge in [0.2, 0.25) is 5.91 Å². The minimum atomic E-state index is -2.38. The van der Waals surface area contributed by atoms with Crippen LogP contribution in [-0.2, 0) is 14.0 Å². The number of benzene rings is 3. The van der Waals surface area contributed by atoms with Crippen LogP contribution in [0.4, 0.5) is 0 Å². The van der Waals surface area contributed by atoms with Crippen LogP contribution in [-0.4, -0.2) is 39.2 Å². The average molecular weight is 546 g/mol. The Morgan fingerprint density at radius 1 is 0.895 bits per heavy atom. The number of hydrogen-bond acceptors (Lipinski definition) is 3. The SMILES string of the molecule is C[SiH](C)OC[C@H]([C@@H]1C(=O)N[C@@H]1CC(=O)C=P(c1ccccc1)(c1ccccc1)c1ccccc1)C(C)(C)C. The van der Waals surface area contributed by atoms with Crippen molar-refractivity contribution in [3.8, 4) is 0 Å². The van der Waals surface area contributed by atoms with Gasteiger partial charge in [-0.05, 0) is 53.0 Å². The van der Waals surface area contributed by atoms with Gasteiger partial charge in [-0.1, -0.05) is 112 Å². The Hall–Kier alpha value is -2.72. The van der Waals surface area contributed by atoms with Crippen molar-refractivity contribution < 1.29 is 14.0 Å². The summed E-state index contributed by atoms with van der Waals surface area (Å²) in [6.45, 7) is 8.98. The van der Waals surface area contributed by atoms with Gasteiger partial charge in [-0.3, -0.25) is 9.59 Å². The molecule has 200 valence electrons. The topological polar surface area (TPSA) is 55.4 Å². The highest BCUT2D eigenvalue weighted by molar-refractivity contribution is 7.95. The first-order valence-corrected chi connectivity index (χ1v) is 18.1. The number of amides is 1. The Labute approximate surface area is 229 Å². The maximum Gasteiger partial charge on any atom is 0.225 e. The van der Waals surface area contributed by atoms with Crippen molar-refractivity contribution in [2.75, 3.05) is 6.61 Å². The molecule has 0 unspecified atom stereocenters. The van der Waals surface area contributed by atoms with Crippen LogP contribution in [0.5, 0.6) is 0 Å². The Bertz CT molecular complexity index is 1180. The van der Waals surface area contributed by atoms with Gasteiger partial charge in [0.25, 0.3) is 0 Å². The van der Waals surface area contributed by atoms with Crippen LogP contribution in [0.3, 0.4) is 0 Å². The van der Waals surface area contributed by atoms with E-state index < -0.39 is 15.9 Å². The molecule has 6 heteroatoms. The summed E-state index contributed by atoms with van der Waals surface area (Å²) < 4.78 is 6.11. The van der Waals surface area contributed by atoms with E-state index in [1.807, 2.05) is 60.4 Å². The lowest BCUT2D eigenvalue weighted by Crippen LogP contribution is -2.63. The van der Waals surface area contributed by atoms with E-state index in [-0.39, 0.29) is 41.4 Å². The summed E-state index contributed by atoms with van der Waals surface area (Å²) in [7, 11) is -1.23. The second-order valence-corrected chi connectivity index (χ2v) is 17.2. The van der Waals surface area contributed by atoms with Crippen molar-refractivity contribution in [2.24, 2.45) is 17.3 Å². The second-order valence-electron chi connectivity index (χ2n) is 11.5. The van der Waals surface area contributed by atoms with Crippen molar-refractivity contribution in [2.45, 2.75) is 46.3 Å². The summed E-state index contributed by atoms with van der Waals surface area (Å²) >= 11 is 0. The van der Waals surface area contributed by atoms with Crippen molar-refractivity contribution >= 4 is 49.3 Å². The van der Waals surface area contributed by atoms with E-state index in [1.54, 1.807) is 0 Å². The molecule has 0 bridgehead atoms. The van der Waals surface area contributed by atoms with Gasteiger partial charge >= 0.3 is 0 Å².